The summed E-state index contributed by atoms with van der Waals surface area (Å²) >= 11 is 5.94. The molecule has 1 aromatic carbocycles. The third-order valence-corrected chi connectivity index (χ3v) is 3.52. The molecule has 0 saturated carbocycles. The van der Waals surface area contributed by atoms with E-state index in [9.17, 15) is 4.79 Å². The summed E-state index contributed by atoms with van der Waals surface area (Å²) in [5, 5.41) is 7.79. The Labute approximate surface area is 116 Å². The average molecular weight is 276 g/mol. The Morgan fingerprint density at radius 3 is 3.00 bits per heavy atom. The molecule has 1 fully saturated rings. The maximum absolute atomic E-state index is 12.1. The van der Waals surface area contributed by atoms with E-state index in [2.05, 4.69) is 15.6 Å². The largest absolute Gasteiger partial charge is 0.347 e. The SMILES string of the molecule is O=C(NC1CCNC1)c1ccc2ccc(Cl)cc2n1. The van der Waals surface area contributed by atoms with E-state index in [4.69, 9.17) is 11.6 Å². The van der Waals surface area contributed by atoms with Crippen LogP contribution < -0.4 is 10.6 Å². The van der Waals surface area contributed by atoms with Gasteiger partial charge in [-0.1, -0.05) is 23.7 Å². The molecular formula is C14H14ClN3O. The van der Waals surface area contributed by atoms with E-state index in [1.807, 2.05) is 18.2 Å². The van der Waals surface area contributed by atoms with Gasteiger partial charge in [0, 0.05) is 23.0 Å². The van der Waals surface area contributed by atoms with Crippen molar-refractivity contribution in [1.82, 2.24) is 15.6 Å². The Morgan fingerprint density at radius 2 is 2.21 bits per heavy atom. The molecule has 1 aliphatic heterocycles. The van der Waals surface area contributed by atoms with Crippen molar-refractivity contribution >= 4 is 28.4 Å². The molecule has 1 aromatic heterocycles. The summed E-state index contributed by atoms with van der Waals surface area (Å²) < 4.78 is 0. The van der Waals surface area contributed by atoms with E-state index in [1.54, 1.807) is 12.1 Å². The van der Waals surface area contributed by atoms with Crippen LogP contribution in [-0.2, 0) is 0 Å². The molecule has 0 radical (unpaired) electrons. The predicted octanol–water partition coefficient (Wildman–Crippen LogP) is 1.98. The number of nitrogens with zero attached hydrogens (tertiary/aromatic N) is 1. The summed E-state index contributed by atoms with van der Waals surface area (Å²) in [6.45, 7) is 1.77. The van der Waals surface area contributed by atoms with Gasteiger partial charge in [-0.3, -0.25) is 4.79 Å². The van der Waals surface area contributed by atoms with Crippen LogP contribution in [0, 0.1) is 0 Å². The second kappa shape index (κ2) is 5.15. The van der Waals surface area contributed by atoms with Crippen LogP contribution in [0.2, 0.25) is 5.02 Å². The van der Waals surface area contributed by atoms with Gasteiger partial charge < -0.3 is 10.6 Å². The number of nitrogens with one attached hydrogen (secondary N) is 2. The molecule has 2 aromatic rings. The molecule has 1 amide bonds. The number of hydrogen-bond acceptors (Lipinski definition) is 3. The van der Waals surface area contributed by atoms with Crippen molar-refractivity contribution in [2.45, 2.75) is 12.5 Å². The highest BCUT2D eigenvalue weighted by atomic mass is 35.5. The van der Waals surface area contributed by atoms with Crippen LogP contribution in [0.4, 0.5) is 0 Å². The van der Waals surface area contributed by atoms with Crippen LogP contribution in [0.5, 0.6) is 0 Å². The minimum absolute atomic E-state index is 0.129. The van der Waals surface area contributed by atoms with E-state index in [1.165, 1.54) is 0 Å². The molecule has 1 aliphatic rings. The first-order valence-corrected chi connectivity index (χ1v) is 6.68. The van der Waals surface area contributed by atoms with Gasteiger partial charge in [-0.2, -0.15) is 0 Å². The average Bonchev–Trinajstić information content (AvgIpc) is 2.90. The monoisotopic (exact) mass is 275 g/mol. The van der Waals surface area contributed by atoms with Crippen LogP contribution in [0.15, 0.2) is 30.3 Å². The zero-order valence-corrected chi connectivity index (χ0v) is 11.1. The van der Waals surface area contributed by atoms with Crippen molar-refractivity contribution in [3.63, 3.8) is 0 Å². The summed E-state index contributed by atoms with van der Waals surface area (Å²) in [6.07, 6.45) is 0.963. The first-order chi connectivity index (χ1) is 9.22. The molecule has 3 rings (SSSR count). The lowest BCUT2D eigenvalue weighted by Gasteiger charge is -2.11. The zero-order valence-electron chi connectivity index (χ0n) is 10.3. The Hall–Kier alpha value is -1.65. The maximum atomic E-state index is 12.1. The van der Waals surface area contributed by atoms with Crippen molar-refractivity contribution in [3.8, 4) is 0 Å². The highest BCUT2D eigenvalue weighted by molar-refractivity contribution is 6.31. The number of carbonyl (C=O) groups excluding carboxylic acids is 1. The lowest BCUT2D eigenvalue weighted by Crippen LogP contribution is -2.36. The van der Waals surface area contributed by atoms with Gasteiger partial charge in [0.25, 0.3) is 5.91 Å². The highest BCUT2D eigenvalue weighted by Crippen LogP contribution is 2.18. The first-order valence-electron chi connectivity index (χ1n) is 6.30. The topological polar surface area (TPSA) is 54.0 Å². The Morgan fingerprint density at radius 1 is 1.37 bits per heavy atom. The molecule has 2 heterocycles. The first kappa shape index (κ1) is 12.4. The zero-order chi connectivity index (χ0) is 13.2. The molecule has 0 aliphatic carbocycles. The molecule has 0 bridgehead atoms. The van der Waals surface area contributed by atoms with Gasteiger partial charge in [0.2, 0.25) is 0 Å². The summed E-state index contributed by atoms with van der Waals surface area (Å²) in [5.74, 6) is -0.129. The predicted molar refractivity (Wildman–Crippen MR) is 75.5 cm³/mol. The second-order valence-electron chi connectivity index (χ2n) is 4.70. The van der Waals surface area contributed by atoms with Gasteiger partial charge in [0.1, 0.15) is 5.69 Å². The molecule has 5 heteroatoms. The van der Waals surface area contributed by atoms with E-state index in [-0.39, 0.29) is 11.9 Å². The third kappa shape index (κ3) is 2.69. The number of aromatic nitrogens is 1. The van der Waals surface area contributed by atoms with Gasteiger partial charge in [0.15, 0.2) is 0 Å². The van der Waals surface area contributed by atoms with Crippen molar-refractivity contribution in [2.75, 3.05) is 13.1 Å². The number of hydrogen-bond donors (Lipinski definition) is 2. The maximum Gasteiger partial charge on any atom is 0.270 e. The number of amides is 1. The van der Waals surface area contributed by atoms with Gasteiger partial charge in [-0.05, 0) is 31.2 Å². The summed E-state index contributed by atoms with van der Waals surface area (Å²) in [7, 11) is 0. The van der Waals surface area contributed by atoms with E-state index >= 15 is 0 Å². The van der Waals surface area contributed by atoms with E-state index in [0.717, 1.165) is 30.4 Å². The molecule has 19 heavy (non-hydrogen) atoms. The molecule has 98 valence electrons. The summed E-state index contributed by atoms with van der Waals surface area (Å²) in [4.78, 5) is 16.5. The van der Waals surface area contributed by atoms with Crippen molar-refractivity contribution < 1.29 is 4.79 Å². The number of carbonyl (C=O) groups is 1. The normalized spacial score (nSPS) is 18.7. The number of benzene rings is 1. The van der Waals surface area contributed by atoms with Crippen LogP contribution >= 0.6 is 11.6 Å². The van der Waals surface area contributed by atoms with Gasteiger partial charge in [-0.25, -0.2) is 4.98 Å². The Bertz CT molecular complexity index is 623. The number of fused-ring (bicyclic) bond motifs is 1. The Kier molecular flexibility index (Phi) is 3.36. The molecular weight excluding hydrogens is 262 g/mol. The van der Waals surface area contributed by atoms with Crippen LogP contribution in [0.3, 0.4) is 0 Å². The lowest BCUT2D eigenvalue weighted by atomic mass is 10.2. The number of pyridine rings is 1. The molecule has 1 saturated heterocycles. The minimum atomic E-state index is -0.129. The molecule has 1 unspecified atom stereocenters. The van der Waals surface area contributed by atoms with Crippen molar-refractivity contribution in [1.29, 1.82) is 0 Å². The fraction of sp³-hybridized carbons (Fsp3) is 0.286. The molecule has 1 atom stereocenters. The summed E-state index contributed by atoms with van der Waals surface area (Å²) in [6, 6.07) is 9.31. The standard InChI is InChI=1S/C14H14ClN3O/c15-10-3-1-9-2-4-12(18-13(9)7-10)14(19)17-11-5-6-16-8-11/h1-4,7,11,16H,5-6,8H2,(H,17,19). The minimum Gasteiger partial charge on any atom is -0.347 e. The number of halogens is 1. The highest BCUT2D eigenvalue weighted by Gasteiger charge is 2.18. The Balaban J connectivity index is 1.85. The number of rotatable bonds is 2. The quantitative estimate of drug-likeness (QED) is 0.881. The fourth-order valence-electron chi connectivity index (χ4n) is 2.25. The van der Waals surface area contributed by atoms with E-state index in [0.29, 0.717) is 10.7 Å². The van der Waals surface area contributed by atoms with Gasteiger partial charge in [0.05, 0.1) is 5.52 Å². The fourth-order valence-corrected chi connectivity index (χ4v) is 2.42. The van der Waals surface area contributed by atoms with Crippen molar-refractivity contribution in [2.24, 2.45) is 0 Å². The molecule has 0 spiro atoms. The molecule has 4 nitrogen and oxygen atoms in total. The van der Waals surface area contributed by atoms with Gasteiger partial charge >= 0.3 is 0 Å². The molecule has 2 N–H and O–H groups in total. The van der Waals surface area contributed by atoms with Crippen LogP contribution in [0.1, 0.15) is 16.9 Å². The summed E-state index contributed by atoms with van der Waals surface area (Å²) in [5.41, 5.74) is 1.17. The third-order valence-electron chi connectivity index (χ3n) is 3.28. The van der Waals surface area contributed by atoms with Crippen LogP contribution in [0.25, 0.3) is 10.9 Å². The van der Waals surface area contributed by atoms with Crippen molar-refractivity contribution in [3.05, 3.63) is 41.0 Å². The van der Waals surface area contributed by atoms with Gasteiger partial charge in [-0.15, -0.1) is 0 Å². The van der Waals surface area contributed by atoms with E-state index < -0.39 is 0 Å². The van der Waals surface area contributed by atoms with Crippen LogP contribution in [-0.4, -0.2) is 30.0 Å². The lowest BCUT2D eigenvalue weighted by molar-refractivity contribution is 0.0935. The second-order valence-corrected chi connectivity index (χ2v) is 5.13. The smallest absolute Gasteiger partial charge is 0.270 e.